The summed E-state index contributed by atoms with van der Waals surface area (Å²) >= 11 is 1.65. The van der Waals surface area contributed by atoms with Crippen LogP contribution >= 0.6 is 11.8 Å². The van der Waals surface area contributed by atoms with Gasteiger partial charge in [0.25, 0.3) is 0 Å². The first-order valence-corrected chi connectivity index (χ1v) is 7.85. The zero-order chi connectivity index (χ0) is 14.1. The predicted molar refractivity (Wildman–Crippen MR) is 81.8 cm³/mol. The number of thioether (sulfide) groups is 1. The normalized spacial score (nSPS) is 11.9. The SMILES string of the molecule is CCc1ccc(NC(=O)NC(CCO)CSC)cc1. The van der Waals surface area contributed by atoms with Crippen LogP contribution in [0, 0.1) is 0 Å². The molecule has 1 unspecified atom stereocenters. The third-order valence-corrected chi connectivity index (χ3v) is 3.54. The Bertz CT molecular complexity index is 376. The van der Waals surface area contributed by atoms with Crippen LogP contribution in [0.25, 0.3) is 0 Å². The Labute approximate surface area is 119 Å². The van der Waals surface area contributed by atoms with Crippen molar-refractivity contribution in [1.29, 1.82) is 0 Å². The molecule has 0 radical (unpaired) electrons. The molecule has 19 heavy (non-hydrogen) atoms. The van der Waals surface area contributed by atoms with Crippen LogP contribution in [0.5, 0.6) is 0 Å². The second-order valence-corrected chi connectivity index (χ2v) is 5.22. The molecule has 3 N–H and O–H groups in total. The van der Waals surface area contributed by atoms with Crippen LogP contribution in [0.4, 0.5) is 10.5 Å². The molecule has 1 aromatic carbocycles. The van der Waals surface area contributed by atoms with E-state index < -0.39 is 0 Å². The van der Waals surface area contributed by atoms with Gasteiger partial charge in [0.2, 0.25) is 0 Å². The number of benzene rings is 1. The van der Waals surface area contributed by atoms with Gasteiger partial charge in [-0.05, 0) is 36.8 Å². The Hall–Kier alpha value is -1.20. The van der Waals surface area contributed by atoms with Crippen LogP contribution in [-0.2, 0) is 6.42 Å². The van der Waals surface area contributed by atoms with E-state index in [2.05, 4.69) is 17.6 Å². The minimum atomic E-state index is -0.225. The van der Waals surface area contributed by atoms with Crippen molar-refractivity contribution >= 4 is 23.5 Å². The minimum Gasteiger partial charge on any atom is -0.396 e. The number of urea groups is 1. The Balaban J connectivity index is 2.48. The van der Waals surface area contributed by atoms with Gasteiger partial charge < -0.3 is 15.7 Å². The molecule has 0 aliphatic carbocycles. The summed E-state index contributed by atoms with van der Waals surface area (Å²) in [6.45, 7) is 2.17. The van der Waals surface area contributed by atoms with Gasteiger partial charge in [0.05, 0.1) is 0 Å². The average Bonchev–Trinajstić information content (AvgIpc) is 2.40. The van der Waals surface area contributed by atoms with Crippen molar-refractivity contribution < 1.29 is 9.90 Å². The maximum Gasteiger partial charge on any atom is 0.319 e. The second-order valence-electron chi connectivity index (χ2n) is 4.31. The van der Waals surface area contributed by atoms with Gasteiger partial charge in [-0.25, -0.2) is 4.79 Å². The van der Waals surface area contributed by atoms with Crippen LogP contribution in [0.15, 0.2) is 24.3 Å². The van der Waals surface area contributed by atoms with E-state index in [0.29, 0.717) is 6.42 Å². The number of anilines is 1. The van der Waals surface area contributed by atoms with Crippen molar-refractivity contribution in [3.05, 3.63) is 29.8 Å². The lowest BCUT2D eigenvalue weighted by atomic mass is 10.1. The highest BCUT2D eigenvalue weighted by Crippen LogP contribution is 2.10. The third-order valence-electron chi connectivity index (χ3n) is 2.80. The van der Waals surface area contributed by atoms with E-state index >= 15 is 0 Å². The molecular weight excluding hydrogens is 260 g/mol. The Morgan fingerprint density at radius 1 is 1.37 bits per heavy atom. The van der Waals surface area contributed by atoms with Crippen molar-refractivity contribution in [3.63, 3.8) is 0 Å². The number of hydrogen-bond acceptors (Lipinski definition) is 3. The standard InChI is InChI=1S/C14H22N2O2S/c1-3-11-4-6-12(7-5-11)15-14(18)16-13(8-9-17)10-19-2/h4-7,13,17H,3,8-10H2,1-2H3,(H2,15,16,18). The smallest absolute Gasteiger partial charge is 0.319 e. The zero-order valence-corrected chi connectivity index (χ0v) is 12.3. The first kappa shape index (κ1) is 15.9. The van der Waals surface area contributed by atoms with Crippen LogP contribution in [-0.4, -0.2) is 35.8 Å². The number of aliphatic hydroxyl groups is 1. The molecule has 0 saturated carbocycles. The summed E-state index contributed by atoms with van der Waals surface area (Å²) in [4.78, 5) is 11.8. The van der Waals surface area contributed by atoms with Crippen LogP contribution in [0.1, 0.15) is 18.9 Å². The van der Waals surface area contributed by atoms with Gasteiger partial charge in [-0.15, -0.1) is 0 Å². The van der Waals surface area contributed by atoms with Gasteiger partial charge in [-0.3, -0.25) is 0 Å². The van der Waals surface area contributed by atoms with Crippen LogP contribution < -0.4 is 10.6 Å². The van der Waals surface area contributed by atoms with E-state index in [1.807, 2.05) is 30.5 Å². The number of aryl methyl sites for hydroxylation is 1. The third kappa shape index (κ3) is 5.98. The predicted octanol–water partition coefficient (Wildman–Crippen LogP) is 2.48. The molecule has 4 nitrogen and oxygen atoms in total. The van der Waals surface area contributed by atoms with Crippen molar-refractivity contribution in [2.45, 2.75) is 25.8 Å². The number of carbonyl (C=O) groups is 1. The molecule has 1 aromatic rings. The number of amides is 2. The lowest BCUT2D eigenvalue weighted by Gasteiger charge is -2.17. The van der Waals surface area contributed by atoms with Gasteiger partial charge in [0, 0.05) is 24.1 Å². The average molecular weight is 282 g/mol. The van der Waals surface area contributed by atoms with Crippen molar-refractivity contribution in [1.82, 2.24) is 5.32 Å². The molecule has 0 bridgehead atoms. The minimum absolute atomic E-state index is 0.00471. The van der Waals surface area contributed by atoms with Gasteiger partial charge in [0.1, 0.15) is 0 Å². The molecule has 0 aliphatic heterocycles. The molecule has 0 aliphatic rings. The fourth-order valence-electron chi connectivity index (χ4n) is 1.73. The summed E-state index contributed by atoms with van der Waals surface area (Å²) in [5.41, 5.74) is 2.02. The van der Waals surface area contributed by atoms with E-state index in [1.54, 1.807) is 11.8 Å². The van der Waals surface area contributed by atoms with Crippen molar-refractivity contribution in [2.75, 3.05) is 23.9 Å². The molecule has 0 fully saturated rings. The molecule has 106 valence electrons. The fourth-order valence-corrected chi connectivity index (χ4v) is 2.38. The highest BCUT2D eigenvalue weighted by molar-refractivity contribution is 7.98. The summed E-state index contributed by atoms with van der Waals surface area (Å²) in [6, 6.07) is 7.57. The number of aliphatic hydroxyl groups excluding tert-OH is 1. The van der Waals surface area contributed by atoms with Gasteiger partial charge >= 0.3 is 6.03 Å². The van der Waals surface area contributed by atoms with E-state index in [1.165, 1.54) is 5.56 Å². The van der Waals surface area contributed by atoms with Gasteiger partial charge in [0.15, 0.2) is 0 Å². The Kier molecular flexibility index (Phi) is 7.36. The number of carbonyl (C=O) groups excluding carboxylic acids is 1. The number of hydrogen-bond donors (Lipinski definition) is 3. The lowest BCUT2D eigenvalue weighted by Crippen LogP contribution is -2.40. The summed E-state index contributed by atoms with van der Waals surface area (Å²) < 4.78 is 0. The first-order chi connectivity index (χ1) is 9.19. The molecule has 0 aromatic heterocycles. The van der Waals surface area contributed by atoms with E-state index in [-0.39, 0.29) is 18.7 Å². The molecule has 0 spiro atoms. The second kappa shape index (κ2) is 8.82. The van der Waals surface area contributed by atoms with Gasteiger partial charge in [-0.1, -0.05) is 19.1 Å². The van der Waals surface area contributed by atoms with Crippen molar-refractivity contribution in [3.8, 4) is 0 Å². The Morgan fingerprint density at radius 3 is 2.58 bits per heavy atom. The highest BCUT2D eigenvalue weighted by Gasteiger charge is 2.11. The van der Waals surface area contributed by atoms with E-state index in [4.69, 9.17) is 5.11 Å². The van der Waals surface area contributed by atoms with Crippen LogP contribution in [0.3, 0.4) is 0 Å². The summed E-state index contributed by atoms with van der Waals surface area (Å²) in [5, 5.41) is 14.6. The monoisotopic (exact) mass is 282 g/mol. The lowest BCUT2D eigenvalue weighted by molar-refractivity contribution is 0.241. The largest absolute Gasteiger partial charge is 0.396 e. The van der Waals surface area contributed by atoms with E-state index in [9.17, 15) is 4.79 Å². The molecule has 1 rings (SSSR count). The number of nitrogens with one attached hydrogen (secondary N) is 2. The summed E-state index contributed by atoms with van der Waals surface area (Å²) in [5.74, 6) is 0.794. The van der Waals surface area contributed by atoms with Crippen LogP contribution in [0.2, 0.25) is 0 Å². The maximum atomic E-state index is 11.8. The summed E-state index contributed by atoms with van der Waals surface area (Å²) in [7, 11) is 0. The first-order valence-electron chi connectivity index (χ1n) is 6.45. The molecule has 0 saturated heterocycles. The highest BCUT2D eigenvalue weighted by atomic mass is 32.2. The fraction of sp³-hybridized carbons (Fsp3) is 0.500. The topological polar surface area (TPSA) is 61.4 Å². The molecule has 5 heteroatoms. The molecular formula is C14H22N2O2S. The van der Waals surface area contributed by atoms with Gasteiger partial charge in [-0.2, -0.15) is 11.8 Å². The molecule has 2 amide bonds. The Morgan fingerprint density at radius 2 is 2.05 bits per heavy atom. The molecule has 0 heterocycles. The summed E-state index contributed by atoms with van der Waals surface area (Å²) in [6.07, 6.45) is 3.54. The maximum absolute atomic E-state index is 11.8. The number of rotatable bonds is 7. The van der Waals surface area contributed by atoms with E-state index in [0.717, 1.165) is 17.9 Å². The zero-order valence-electron chi connectivity index (χ0n) is 11.5. The molecule has 1 atom stereocenters. The van der Waals surface area contributed by atoms with Crippen molar-refractivity contribution in [2.24, 2.45) is 0 Å². The quantitative estimate of drug-likeness (QED) is 0.720.